The summed E-state index contributed by atoms with van der Waals surface area (Å²) in [6.45, 7) is 1.24. The van der Waals surface area contributed by atoms with Crippen LogP contribution in [-0.4, -0.2) is 41.6 Å². The molecule has 0 bridgehead atoms. The van der Waals surface area contributed by atoms with Crippen molar-refractivity contribution in [2.24, 2.45) is 0 Å². The van der Waals surface area contributed by atoms with Gasteiger partial charge in [-0.2, -0.15) is 11.3 Å². The van der Waals surface area contributed by atoms with E-state index in [9.17, 15) is 9.59 Å². The van der Waals surface area contributed by atoms with E-state index >= 15 is 0 Å². The SMILES string of the molecule is O=C(CN1CCOC1=O)NCc1ccnc(-c2ccsc2)c1. The fourth-order valence-corrected chi connectivity index (χ4v) is 2.80. The van der Waals surface area contributed by atoms with E-state index in [1.165, 1.54) is 4.90 Å². The number of carbonyl (C=O) groups excluding carboxylic acids is 2. The highest BCUT2D eigenvalue weighted by Crippen LogP contribution is 2.20. The van der Waals surface area contributed by atoms with Crippen molar-refractivity contribution in [2.75, 3.05) is 19.7 Å². The van der Waals surface area contributed by atoms with Crippen molar-refractivity contribution in [2.45, 2.75) is 6.54 Å². The normalized spacial score (nSPS) is 14.0. The van der Waals surface area contributed by atoms with Crippen molar-refractivity contribution < 1.29 is 14.3 Å². The first-order valence-corrected chi connectivity index (χ1v) is 7.82. The summed E-state index contributed by atoms with van der Waals surface area (Å²) in [6.07, 6.45) is 1.30. The maximum Gasteiger partial charge on any atom is 0.410 e. The molecule has 0 radical (unpaired) electrons. The lowest BCUT2D eigenvalue weighted by molar-refractivity contribution is -0.121. The lowest BCUT2D eigenvalue weighted by atomic mass is 10.1. The summed E-state index contributed by atoms with van der Waals surface area (Å²) >= 11 is 1.62. The van der Waals surface area contributed by atoms with Gasteiger partial charge in [0, 0.05) is 23.7 Å². The number of pyridine rings is 1. The molecule has 114 valence electrons. The van der Waals surface area contributed by atoms with Crippen molar-refractivity contribution in [1.82, 2.24) is 15.2 Å². The fourth-order valence-electron chi connectivity index (χ4n) is 2.15. The molecular formula is C15H15N3O3S. The zero-order chi connectivity index (χ0) is 15.4. The molecule has 0 aliphatic carbocycles. The monoisotopic (exact) mass is 317 g/mol. The Labute approximate surface area is 131 Å². The number of ether oxygens (including phenoxy) is 1. The van der Waals surface area contributed by atoms with Crippen molar-refractivity contribution in [1.29, 1.82) is 0 Å². The van der Waals surface area contributed by atoms with Gasteiger partial charge in [-0.05, 0) is 29.1 Å². The molecule has 0 spiro atoms. The Morgan fingerprint density at radius 1 is 1.45 bits per heavy atom. The summed E-state index contributed by atoms with van der Waals surface area (Å²) in [5.74, 6) is -0.201. The fraction of sp³-hybridized carbons (Fsp3) is 0.267. The van der Waals surface area contributed by atoms with E-state index in [1.54, 1.807) is 17.5 Å². The third kappa shape index (κ3) is 3.43. The van der Waals surface area contributed by atoms with Crippen LogP contribution in [0.2, 0.25) is 0 Å². The van der Waals surface area contributed by atoms with Gasteiger partial charge in [0.05, 0.1) is 12.2 Å². The molecule has 1 fully saturated rings. The lowest BCUT2D eigenvalue weighted by Gasteiger charge is -2.12. The standard InChI is InChI=1S/C15H15N3O3S/c19-14(9-18-4-5-21-15(18)20)17-8-11-1-3-16-13(7-11)12-2-6-22-10-12/h1-3,6-7,10H,4-5,8-9H2,(H,17,19). The number of hydrogen-bond acceptors (Lipinski definition) is 5. The van der Waals surface area contributed by atoms with Crippen LogP contribution in [0.3, 0.4) is 0 Å². The summed E-state index contributed by atoms with van der Waals surface area (Å²) in [5, 5.41) is 6.84. The average molecular weight is 317 g/mol. The second kappa shape index (κ2) is 6.57. The molecule has 3 rings (SSSR count). The zero-order valence-electron chi connectivity index (χ0n) is 11.8. The number of aromatic nitrogens is 1. The maximum absolute atomic E-state index is 11.9. The molecule has 0 aromatic carbocycles. The van der Waals surface area contributed by atoms with E-state index in [0.717, 1.165) is 16.8 Å². The minimum absolute atomic E-state index is 0.0291. The highest BCUT2D eigenvalue weighted by atomic mass is 32.1. The Morgan fingerprint density at radius 2 is 2.36 bits per heavy atom. The maximum atomic E-state index is 11.9. The summed E-state index contributed by atoms with van der Waals surface area (Å²) in [5.41, 5.74) is 2.92. The largest absolute Gasteiger partial charge is 0.448 e. The smallest absolute Gasteiger partial charge is 0.410 e. The molecule has 7 heteroatoms. The number of carbonyl (C=O) groups is 2. The van der Waals surface area contributed by atoms with Crippen LogP contribution >= 0.6 is 11.3 Å². The predicted molar refractivity (Wildman–Crippen MR) is 82.3 cm³/mol. The van der Waals surface area contributed by atoms with Gasteiger partial charge >= 0.3 is 6.09 Å². The van der Waals surface area contributed by atoms with Crippen molar-refractivity contribution in [3.8, 4) is 11.3 Å². The Balaban J connectivity index is 1.56. The number of nitrogens with one attached hydrogen (secondary N) is 1. The van der Waals surface area contributed by atoms with Gasteiger partial charge in [-0.25, -0.2) is 4.79 Å². The first-order valence-electron chi connectivity index (χ1n) is 6.88. The van der Waals surface area contributed by atoms with E-state index in [2.05, 4.69) is 10.3 Å². The van der Waals surface area contributed by atoms with Gasteiger partial charge in [-0.1, -0.05) is 0 Å². The molecule has 0 atom stereocenters. The second-order valence-electron chi connectivity index (χ2n) is 4.87. The number of thiophene rings is 1. The van der Waals surface area contributed by atoms with Gasteiger partial charge < -0.3 is 10.1 Å². The van der Waals surface area contributed by atoms with Crippen molar-refractivity contribution in [3.05, 3.63) is 40.7 Å². The highest BCUT2D eigenvalue weighted by Gasteiger charge is 2.23. The molecule has 1 aliphatic heterocycles. The third-order valence-corrected chi connectivity index (χ3v) is 3.99. The Kier molecular flexibility index (Phi) is 4.34. The van der Waals surface area contributed by atoms with E-state index in [1.807, 2.05) is 29.0 Å². The molecule has 2 amide bonds. The van der Waals surface area contributed by atoms with E-state index < -0.39 is 6.09 Å². The van der Waals surface area contributed by atoms with Gasteiger partial charge in [-0.15, -0.1) is 0 Å². The number of rotatable bonds is 5. The van der Waals surface area contributed by atoms with Crippen LogP contribution in [0.4, 0.5) is 4.79 Å². The van der Waals surface area contributed by atoms with E-state index in [4.69, 9.17) is 4.74 Å². The molecule has 2 aromatic heterocycles. The van der Waals surface area contributed by atoms with Crippen molar-refractivity contribution in [3.63, 3.8) is 0 Å². The topological polar surface area (TPSA) is 71.5 Å². The van der Waals surface area contributed by atoms with Gasteiger partial charge in [0.25, 0.3) is 0 Å². The molecule has 0 saturated carbocycles. The lowest BCUT2D eigenvalue weighted by Crippen LogP contribution is -2.37. The Bertz CT molecular complexity index is 672. The average Bonchev–Trinajstić information content (AvgIpc) is 3.18. The van der Waals surface area contributed by atoms with E-state index in [0.29, 0.717) is 19.7 Å². The summed E-state index contributed by atoms with van der Waals surface area (Å²) in [6, 6.07) is 5.82. The van der Waals surface area contributed by atoms with Gasteiger partial charge in [0.1, 0.15) is 13.2 Å². The molecule has 1 saturated heterocycles. The van der Waals surface area contributed by atoms with Gasteiger partial charge in [0.2, 0.25) is 5.91 Å². The number of cyclic esters (lactones) is 1. The molecule has 1 N–H and O–H groups in total. The number of hydrogen-bond donors (Lipinski definition) is 1. The quantitative estimate of drug-likeness (QED) is 0.914. The molecular weight excluding hydrogens is 302 g/mol. The summed E-state index contributed by atoms with van der Waals surface area (Å²) in [4.78, 5) is 28.8. The Hall–Kier alpha value is -2.41. The van der Waals surface area contributed by atoms with Crippen LogP contribution in [0, 0.1) is 0 Å². The van der Waals surface area contributed by atoms with Crippen LogP contribution in [0.5, 0.6) is 0 Å². The highest BCUT2D eigenvalue weighted by molar-refractivity contribution is 7.08. The number of amides is 2. The molecule has 22 heavy (non-hydrogen) atoms. The van der Waals surface area contributed by atoms with E-state index in [-0.39, 0.29) is 12.5 Å². The third-order valence-electron chi connectivity index (χ3n) is 3.31. The van der Waals surface area contributed by atoms with Crippen LogP contribution in [0.25, 0.3) is 11.3 Å². The summed E-state index contributed by atoms with van der Waals surface area (Å²) < 4.78 is 4.79. The molecule has 2 aromatic rings. The molecule has 3 heterocycles. The second-order valence-corrected chi connectivity index (χ2v) is 5.65. The van der Waals surface area contributed by atoms with Crippen LogP contribution in [0.1, 0.15) is 5.56 Å². The predicted octanol–water partition coefficient (Wildman–Crippen LogP) is 1.88. The van der Waals surface area contributed by atoms with Crippen LogP contribution in [0.15, 0.2) is 35.2 Å². The van der Waals surface area contributed by atoms with Crippen LogP contribution in [-0.2, 0) is 16.1 Å². The van der Waals surface area contributed by atoms with Crippen molar-refractivity contribution >= 4 is 23.3 Å². The first kappa shape index (κ1) is 14.5. The van der Waals surface area contributed by atoms with Gasteiger partial charge in [0.15, 0.2) is 0 Å². The molecule has 6 nitrogen and oxygen atoms in total. The first-order chi connectivity index (χ1) is 10.7. The Morgan fingerprint density at radius 3 is 3.09 bits per heavy atom. The minimum atomic E-state index is -0.432. The zero-order valence-corrected chi connectivity index (χ0v) is 12.6. The minimum Gasteiger partial charge on any atom is -0.448 e. The number of nitrogens with zero attached hydrogens (tertiary/aromatic N) is 2. The van der Waals surface area contributed by atoms with Crippen LogP contribution < -0.4 is 5.32 Å². The molecule has 0 unspecified atom stereocenters. The molecule has 1 aliphatic rings. The summed E-state index contributed by atoms with van der Waals surface area (Å²) in [7, 11) is 0. The van der Waals surface area contributed by atoms with Gasteiger partial charge in [-0.3, -0.25) is 14.7 Å².